The van der Waals surface area contributed by atoms with Crippen molar-refractivity contribution in [2.45, 2.75) is 150 Å². The van der Waals surface area contributed by atoms with Crippen molar-refractivity contribution in [1.29, 1.82) is 0 Å². The number of allylic oxidation sites excluding steroid dienone is 1. The van der Waals surface area contributed by atoms with E-state index in [0.717, 1.165) is 65.5 Å². The van der Waals surface area contributed by atoms with E-state index in [2.05, 4.69) is 49.1 Å². The number of nitrogens with zero attached hydrogens (tertiary/aromatic N) is 1. The molecule has 73 heavy (non-hydrogen) atoms. The van der Waals surface area contributed by atoms with Gasteiger partial charge in [0.1, 0.15) is 17.6 Å². The van der Waals surface area contributed by atoms with Gasteiger partial charge in [0.05, 0.1) is 27.1 Å². The molecule has 12 unspecified atom stereocenters. The molecule has 0 amide bonds. The van der Waals surface area contributed by atoms with Crippen LogP contribution in [0.15, 0.2) is 108 Å². The zero-order valence-corrected chi connectivity index (χ0v) is 45.2. The van der Waals surface area contributed by atoms with Gasteiger partial charge in [0.15, 0.2) is 5.96 Å². The van der Waals surface area contributed by atoms with Crippen LogP contribution in [-0.2, 0) is 33.4 Å². The zero-order valence-electron chi connectivity index (χ0n) is 42.4. The fourth-order valence-electron chi connectivity index (χ4n) is 15.1. The van der Waals surface area contributed by atoms with Gasteiger partial charge in [0.25, 0.3) is 0 Å². The summed E-state index contributed by atoms with van der Waals surface area (Å²) in [5, 5.41) is 33.2. The molecule has 4 aromatic carbocycles. The van der Waals surface area contributed by atoms with Crippen molar-refractivity contribution >= 4 is 16.1 Å². The number of aliphatic hydroxyl groups is 2. The molecule has 4 aromatic rings. The van der Waals surface area contributed by atoms with Gasteiger partial charge in [0, 0.05) is 36.1 Å². The van der Waals surface area contributed by atoms with E-state index in [9.17, 15) is 28.3 Å². The van der Waals surface area contributed by atoms with Crippen molar-refractivity contribution < 1.29 is 67.3 Å². The van der Waals surface area contributed by atoms with Gasteiger partial charge < -0.3 is 40.8 Å². The van der Waals surface area contributed by atoms with Gasteiger partial charge in [0.2, 0.25) is 5.72 Å². The maximum Gasteiger partial charge on any atom is 1.00 e. The normalized spacial score (nSPS) is 32.4. The summed E-state index contributed by atoms with van der Waals surface area (Å²) in [7, 11) is -4.92. The van der Waals surface area contributed by atoms with Crippen molar-refractivity contribution in [1.82, 2.24) is 0 Å². The SMILES string of the molecule is CC1CCc2cc3ccc2C1CC(S(=O)(=O)[O-])C1C=C2CC(CC4CC(CO)CC#Cc5cc(O)ccc5C2O4)C1c1ccc(cc1)C(CC(Cc1ccccc1)C1(O)CCC2(CCCC2)C1)(N=C(N)N)O3.[Na+]. The third kappa shape index (κ3) is 10.4. The van der Waals surface area contributed by atoms with Gasteiger partial charge in [-0.15, -0.1) is 0 Å². The Morgan fingerprint density at radius 3 is 2.45 bits per heavy atom. The molecule has 7 N–H and O–H groups in total. The van der Waals surface area contributed by atoms with Crippen molar-refractivity contribution in [3.05, 3.63) is 142 Å². The Hall–Kier alpha value is -4.16. The molecule has 1 saturated heterocycles. The number of hydrogen-bond donors (Lipinski definition) is 5. The number of aliphatic hydroxyl groups excluding tert-OH is 1. The van der Waals surface area contributed by atoms with Crippen LogP contribution in [0.1, 0.15) is 154 Å². The molecule has 9 aliphatic rings. The molecule has 11 nitrogen and oxygen atoms in total. The predicted octanol–water partition coefficient (Wildman–Crippen LogP) is 6.54. The second kappa shape index (κ2) is 20.8. The monoisotopic (exact) mass is 1020 g/mol. The first-order valence-electron chi connectivity index (χ1n) is 26.6. The fraction of sp³-hybridized carbons (Fsp3) is 0.517. The van der Waals surface area contributed by atoms with Crippen LogP contribution in [0, 0.1) is 46.8 Å². The molecule has 5 heterocycles. The number of aliphatic imine (C=N–C) groups is 1. The predicted molar refractivity (Wildman–Crippen MR) is 277 cm³/mol. The number of hydrogen-bond acceptors (Lipinski definition) is 9. The summed E-state index contributed by atoms with van der Waals surface area (Å²) in [6.45, 7) is 2.09. The second-order valence-corrected chi connectivity index (χ2v) is 24.7. The Labute approximate surface area is 453 Å². The van der Waals surface area contributed by atoms with E-state index in [1.807, 2.05) is 54.6 Å². The number of benzene rings is 4. The van der Waals surface area contributed by atoms with Crippen LogP contribution < -0.4 is 45.8 Å². The Morgan fingerprint density at radius 1 is 0.945 bits per heavy atom. The van der Waals surface area contributed by atoms with Gasteiger partial charge in [-0.2, -0.15) is 0 Å². The van der Waals surface area contributed by atoms with Crippen LogP contribution >= 0.6 is 0 Å². The minimum absolute atomic E-state index is 0. The number of phenolic OH excluding ortho intramolecular Hbond substituents is 1. The Morgan fingerprint density at radius 2 is 1.71 bits per heavy atom. The van der Waals surface area contributed by atoms with Crippen molar-refractivity contribution in [2.75, 3.05) is 6.61 Å². The molecule has 1 spiro atoms. The Bertz CT molecular complexity index is 2910. The van der Waals surface area contributed by atoms with Crippen LogP contribution in [0.4, 0.5) is 0 Å². The van der Waals surface area contributed by atoms with Crippen molar-refractivity contribution in [3.63, 3.8) is 0 Å². The van der Waals surface area contributed by atoms with E-state index in [1.165, 1.54) is 12.8 Å². The Kier molecular flexibility index (Phi) is 14.9. The Balaban J connectivity index is 0.00000611. The van der Waals surface area contributed by atoms with E-state index >= 15 is 0 Å². The first kappa shape index (κ1) is 52.3. The molecule has 5 aliphatic heterocycles. The summed E-state index contributed by atoms with van der Waals surface area (Å²) in [6, 6.07) is 29.6. The largest absolute Gasteiger partial charge is 1.00 e. The molecule has 0 aromatic heterocycles. The van der Waals surface area contributed by atoms with Crippen LogP contribution in [-0.4, -0.2) is 57.8 Å². The quantitative estimate of drug-likeness (QED) is 0.0323. The molecule has 13 rings (SSSR count). The van der Waals surface area contributed by atoms with E-state index in [0.29, 0.717) is 61.8 Å². The summed E-state index contributed by atoms with van der Waals surface area (Å²) in [5.41, 5.74) is 17.7. The van der Waals surface area contributed by atoms with Crippen molar-refractivity contribution in [3.8, 4) is 23.3 Å². The van der Waals surface area contributed by atoms with Crippen LogP contribution in [0.25, 0.3) is 0 Å². The molecule has 2 saturated carbocycles. The first-order valence-corrected chi connectivity index (χ1v) is 28.1. The number of guanidine groups is 1. The number of nitrogens with two attached hydrogens (primary N) is 2. The summed E-state index contributed by atoms with van der Waals surface area (Å²) in [5.74, 6) is 5.12. The molecule has 0 radical (unpaired) electrons. The number of ether oxygens (including phenoxy) is 2. The molecule has 4 aliphatic carbocycles. The van der Waals surface area contributed by atoms with Crippen LogP contribution in [0.5, 0.6) is 11.5 Å². The van der Waals surface area contributed by atoms with Gasteiger partial charge in [-0.1, -0.05) is 104 Å². The topological polar surface area (TPSA) is 201 Å². The average molecular weight is 1020 g/mol. The number of aryl methyl sites for hydroxylation is 1. The number of phenols is 1. The van der Waals surface area contributed by atoms with Crippen LogP contribution in [0.2, 0.25) is 0 Å². The summed E-state index contributed by atoms with van der Waals surface area (Å²) < 4.78 is 57.2. The standard InChI is InChI=1S/C60H71N3O8S.Na/c1-37-12-13-42-30-48-19-21-50(42)52(37)33-54(72(67,68)69)53-32-44-28-43(31-49-27-39(35-64)10-7-11-41-29-47(65)18-20-51(41)56(44)70-49)55(53)40-14-16-45(17-15-40)60(71-48,63-57(61)62)34-46(26-38-8-3-2-4-9-38)59(66)25-24-58(36-59)22-5-6-23-58;/h2-4,8-9,14-21,29-30,32,37,39,43,46,49,52-56,64-66H,5-6,10,12-13,22-28,31,33-36H2,1H3,(H4,61,62,63)(H,67,68,69);/q;+1/p-1. The zero-order chi connectivity index (χ0) is 50.0. The van der Waals surface area contributed by atoms with Crippen molar-refractivity contribution in [2.24, 2.45) is 51.5 Å². The number of aromatic hydroxyl groups is 1. The maximum atomic E-state index is 14.2. The smallest absolute Gasteiger partial charge is 0.748 e. The van der Waals surface area contributed by atoms with Gasteiger partial charge in [-0.05, 0) is 176 Å². The molecule has 3 fully saturated rings. The summed E-state index contributed by atoms with van der Waals surface area (Å²) >= 11 is 0. The fourth-order valence-corrected chi connectivity index (χ4v) is 16.2. The average Bonchev–Trinajstić information content (AvgIpc) is 3.92. The molecular formula is C60H70N3NaO8S. The summed E-state index contributed by atoms with van der Waals surface area (Å²) in [4.78, 5) is 5.12. The van der Waals surface area contributed by atoms with E-state index < -0.39 is 44.6 Å². The van der Waals surface area contributed by atoms with Crippen LogP contribution in [0.3, 0.4) is 0 Å². The molecule has 12 atom stereocenters. The van der Waals surface area contributed by atoms with E-state index in [1.54, 1.807) is 12.1 Å². The summed E-state index contributed by atoms with van der Waals surface area (Å²) in [6.07, 6.45) is 12.8. The van der Waals surface area contributed by atoms with Gasteiger partial charge in [-0.3, -0.25) is 0 Å². The van der Waals surface area contributed by atoms with E-state index in [4.69, 9.17) is 25.9 Å². The molecule has 13 heteroatoms. The number of fused-ring (bicyclic) bond motifs is 9. The molecular weight excluding hydrogens is 946 g/mol. The molecule has 380 valence electrons. The van der Waals surface area contributed by atoms with Gasteiger partial charge in [-0.25, -0.2) is 13.4 Å². The third-order valence-corrected chi connectivity index (χ3v) is 19.8. The van der Waals surface area contributed by atoms with E-state index in [-0.39, 0.29) is 102 Å². The molecule has 10 bridgehead atoms. The van der Waals surface area contributed by atoms with Gasteiger partial charge >= 0.3 is 29.6 Å². The minimum Gasteiger partial charge on any atom is -0.748 e. The first-order chi connectivity index (χ1) is 34.6. The number of rotatable bonds is 8. The minimum atomic E-state index is -4.92. The third-order valence-electron chi connectivity index (χ3n) is 18.6. The maximum absolute atomic E-state index is 14.2. The second-order valence-electron chi connectivity index (χ2n) is 23.1.